The van der Waals surface area contributed by atoms with Gasteiger partial charge in [0.05, 0.1) is 0 Å². The first-order chi connectivity index (χ1) is 10.2. The molecule has 0 aromatic heterocycles. The molecule has 0 saturated carbocycles. The lowest BCUT2D eigenvalue weighted by atomic mass is 9.99. The van der Waals surface area contributed by atoms with Crippen LogP contribution in [0.2, 0.25) is 0 Å². The zero-order chi connectivity index (χ0) is 16.8. The van der Waals surface area contributed by atoms with Crippen molar-refractivity contribution < 1.29 is 4.84 Å². The van der Waals surface area contributed by atoms with Gasteiger partial charge in [-0.1, -0.05) is 36.4 Å². The minimum absolute atomic E-state index is 0.0519. The summed E-state index contributed by atoms with van der Waals surface area (Å²) in [7, 11) is 0. The van der Waals surface area contributed by atoms with Crippen LogP contribution in [0.15, 0.2) is 43.0 Å². The molecule has 0 amide bonds. The summed E-state index contributed by atoms with van der Waals surface area (Å²) in [4.78, 5) is 6.51. The maximum atomic E-state index is 6.51. The van der Waals surface area contributed by atoms with Crippen LogP contribution in [-0.2, 0) is 4.84 Å². The van der Waals surface area contributed by atoms with Gasteiger partial charge < -0.3 is 0 Å². The van der Waals surface area contributed by atoms with Crippen LogP contribution in [0.5, 0.6) is 0 Å². The number of rotatable bonds is 7. The summed E-state index contributed by atoms with van der Waals surface area (Å²) in [6, 6.07) is 10.5. The molecule has 0 N–H and O–H groups in total. The number of unbranched alkanes of at least 4 members (excludes halogenated alkanes) is 1. The van der Waals surface area contributed by atoms with Crippen molar-refractivity contribution in [3.8, 4) is 0 Å². The zero-order valence-electron chi connectivity index (χ0n) is 15.2. The van der Waals surface area contributed by atoms with E-state index < -0.39 is 0 Å². The maximum Gasteiger partial charge on any atom is 0.104 e. The lowest BCUT2D eigenvalue weighted by Crippen LogP contribution is -2.52. The fourth-order valence-corrected chi connectivity index (χ4v) is 2.85. The quantitative estimate of drug-likeness (QED) is 0.352. The van der Waals surface area contributed by atoms with Gasteiger partial charge in [0, 0.05) is 11.1 Å². The van der Waals surface area contributed by atoms with Crippen LogP contribution in [0, 0.1) is 0 Å². The summed E-state index contributed by atoms with van der Waals surface area (Å²) in [5.41, 5.74) is 1.14. The maximum absolute atomic E-state index is 6.51. The van der Waals surface area contributed by atoms with Crippen molar-refractivity contribution in [2.45, 2.75) is 78.0 Å². The van der Waals surface area contributed by atoms with Crippen molar-refractivity contribution in [2.24, 2.45) is 0 Å². The average Bonchev–Trinajstić information content (AvgIpc) is 2.41. The van der Waals surface area contributed by atoms with Gasteiger partial charge in [0.2, 0.25) is 0 Å². The van der Waals surface area contributed by atoms with Gasteiger partial charge in [-0.05, 0) is 66.4 Å². The van der Waals surface area contributed by atoms with E-state index in [1.54, 1.807) is 0 Å². The molecule has 0 radical (unpaired) electrons. The Hall–Kier alpha value is -1.12. The van der Waals surface area contributed by atoms with E-state index in [9.17, 15) is 0 Å². The molecule has 0 aliphatic rings. The van der Waals surface area contributed by atoms with Gasteiger partial charge in [-0.2, -0.15) is 5.06 Å². The summed E-state index contributed by atoms with van der Waals surface area (Å²) in [6.07, 6.45) is 5.18. The number of hydrogen-bond acceptors (Lipinski definition) is 2. The third-order valence-corrected chi connectivity index (χ3v) is 3.50. The molecule has 1 aromatic carbocycles. The molecule has 0 bridgehead atoms. The highest BCUT2D eigenvalue weighted by Gasteiger charge is 2.35. The summed E-state index contributed by atoms with van der Waals surface area (Å²) < 4.78 is 0. The van der Waals surface area contributed by atoms with Gasteiger partial charge in [-0.3, -0.25) is 4.84 Å². The minimum Gasteiger partial charge on any atom is -0.290 e. The summed E-state index contributed by atoms with van der Waals surface area (Å²) in [5, 5.41) is 2.14. The summed E-state index contributed by atoms with van der Waals surface area (Å²) in [6.45, 7) is 17.0. The molecule has 1 rings (SSSR count). The van der Waals surface area contributed by atoms with Crippen LogP contribution in [0.1, 0.15) is 72.5 Å². The molecule has 0 heterocycles. The Balaban J connectivity index is 2.97. The van der Waals surface area contributed by atoms with Crippen molar-refractivity contribution in [1.82, 2.24) is 5.06 Å². The molecule has 22 heavy (non-hydrogen) atoms. The molecular weight excluding hydrogens is 270 g/mol. The Morgan fingerprint density at radius 1 is 1.05 bits per heavy atom. The van der Waals surface area contributed by atoms with E-state index in [4.69, 9.17) is 4.84 Å². The molecule has 0 saturated heterocycles. The predicted molar refractivity (Wildman–Crippen MR) is 95.7 cm³/mol. The summed E-state index contributed by atoms with van der Waals surface area (Å²) in [5.74, 6) is 0. The number of hydrogen-bond donors (Lipinski definition) is 0. The van der Waals surface area contributed by atoms with E-state index in [-0.39, 0.29) is 17.2 Å². The molecule has 0 fully saturated rings. The Labute approximate surface area is 137 Å². The van der Waals surface area contributed by atoms with Crippen molar-refractivity contribution in [3.05, 3.63) is 48.6 Å². The first-order valence-electron chi connectivity index (χ1n) is 8.29. The first-order valence-corrected chi connectivity index (χ1v) is 8.29. The Bertz CT molecular complexity index is 425. The highest BCUT2D eigenvalue weighted by molar-refractivity contribution is 5.17. The number of nitrogens with zero attached hydrogens (tertiary/aromatic N) is 1. The molecule has 1 atom stereocenters. The SMILES string of the molecule is C=CCCCC(ON(C(C)(C)C)C(C)(C)C)c1ccccc1. The molecule has 1 aromatic rings. The van der Waals surface area contributed by atoms with E-state index in [2.05, 4.69) is 83.5 Å². The van der Waals surface area contributed by atoms with E-state index in [1.165, 1.54) is 5.56 Å². The van der Waals surface area contributed by atoms with E-state index in [0.717, 1.165) is 19.3 Å². The van der Waals surface area contributed by atoms with Crippen LogP contribution in [-0.4, -0.2) is 16.1 Å². The molecule has 0 aliphatic heterocycles. The van der Waals surface area contributed by atoms with E-state index in [0.29, 0.717) is 0 Å². The van der Waals surface area contributed by atoms with Gasteiger partial charge in [0.15, 0.2) is 0 Å². The lowest BCUT2D eigenvalue weighted by Gasteiger charge is -2.45. The number of allylic oxidation sites excluding steroid dienone is 1. The standard InChI is InChI=1S/C20H33NO/c1-8-9-11-16-18(17-14-12-10-13-15-17)22-21(19(2,3)4)20(5,6)7/h8,10,12-15,18H,1,9,11,16H2,2-7H3. The Morgan fingerprint density at radius 3 is 2.05 bits per heavy atom. The van der Waals surface area contributed by atoms with Crippen LogP contribution in [0.3, 0.4) is 0 Å². The number of hydroxylamine groups is 2. The van der Waals surface area contributed by atoms with Crippen LogP contribution >= 0.6 is 0 Å². The van der Waals surface area contributed by atoms with Gasteiger partial charge in [-0.15, -0.1) is 6.58 Å². The topological polar surface area (TPSA) is 12.5 Å². The monoisotopic (exact) mass is 303 g/mol. The van der Waals surface area contributed by atoms with Crippen molar-refractivity contribution in [2.75, 3.05) is 0 Å². The smallest absolute Gasteiger partial charge is 0.104 e. The fourth-order valence-electron chi connectivity index (χ4n) is 2.85. The van der Waals surface area contributed by atoms with Gasteiger partial charge in [-0.25, -0.2) is 0 Å². The molecule has 124 valence electrons. The Kier molecular flexibility index (Phi) is 6.83. The van der Waals surface area contributed by atoms with Gasteiger partial charge in [0.1, 0.15) is 6.10 Å². The fraction of sp³-hybridized carbons (Fsp3) is 0.600. The third kappa shape index (κ3) is 5.94. The van der Waals surface area contributed by atoms with E-state index in [1.807, 2.05) is 6.08 Å². The first kappa shape index (κ1) is 18.9. The second-order valence-electron chi connectivity index (χ2n) is 7.86. The third-order valence-electron chi connectivity index (χ3n) is 3.50. The second kappa shape index (κ2) is 7.94. The molecule has 1 unspecified atom stereocenters. The highest BCUT2D eigenvalue weighted by Crippen LogP contribution is 2.32. The number of benzene rings is 1. The van der Waals surface area contributed by atoms with Crippen LogP contribution in [0.25, 0.3) is 0 Å². The Morgan fingerprint density at radius 2 is 1.59 bits per heavy atom. The largest absolute Gasteiger partial charge is 0.290 e. The van der Waals surface area contributed by atoms with Crippen molar-refractivity contribution in [3.63, 3.8) is 0 Å². The average molecular weight is 303 g/mol. The van der Waals surface area contributed by atoms with Crippen LogP contribution < -0.4 is 0 Å². The molecular formula is C20H33NO. The van der Waals surface area contributed by atoms with Gasteiger partial charge in [0.25, 0.3) is 0 Å². The summed E-state index contributed by atoms with van der Waals surface area (Å²) >= 11 is 0. The molecule has 2 nitrogen and oxygen atoms in total. The lowest BCUT2D eigenvalue weighted by molar-refractivity contribution is -0.287. The van der Waals surface area contributed by atoms with Crippen molar-refractivity contribution in [1.29, 1.82) is 0 Å². The van der Waals surface area contributed by atoms with Crippen molar-refractivity contribution >= 4 is 0 Å². The predicted octanol–water partition coefficient (Wildman–Crippen LogP) is 5.91. The van der Waals surface area contributed by atoms with Gasteiger partial charge >= 0.3 is 0 Å². The normalized spacial score (nSPS) is 14.1. The highest BCUT2D eigenvalue weighted by atomic mass is 16.7. The zero-order valence-corrected chi connectivity index (χ0v) is 15.2. The molecule has 2 heteroatoms. The minimum atomic E-state index is -0.0519. The second-order valence-corrected chi connectivity index (χ2v) is 7.86. The molecule has 0 aliphatic carbocycles. The molecule has 0 spiro atoms. The van der Waals surface area contributed by atoms with Crippen LogP contribution in [0.4, 0.5) is 0 Å². The van der Waals surface area contributed by atoms with E-state index >= 15 is 0 Å².